The van der Waals surface area contributed by atoms with Crippen molar-refractivity contribution in [3.05, 3.63) is 35.9 Å². The first kappa shape index (κ1) is 16.1. The summed E-state index contributed by atoms with van der Waals surface area (Å²) in [6.07, 6.45) is 5.58. The Morgan fingerprint density at radius 2 is 1.92 bits per heavy atom. The third kappa shape index (κ3) is 3.50. The Kier molecular flexibility index (Phi) is 4.86. The van der Waals surface area contributed by atoms with Gasteiger partial charge in [0.25, 0.3) is 5.91 Å². The molecule has 0 N–H and O–H groups in total. The number of amides is 1. The number of rotatable bonds is 4. The lowest BCUT2D eigenvalue weighted by Crippen LogP contribution is -2.43. The molecule has 130 valence electrons. The Hall–Kier alpha value is -1.39. The van der Waals surface area contributed by atoms with Crippen molar-refractivity contribution in [2.24, 2.45) is 5.92 Å². The van der Waals surface area contributed by atoms with E-state index in [1.54, 1.807) is 0 Å². The number of carbonyl (C=O) groups excluding carboxylic acids is 1. The lowest BCUT2D eigenvalue weighted by molar-refractivity contribution is -0.142. The molecule has 0 saturated carbocycles. The molecular weight excluding hydrogens is 300 g/mol. The summed E-state index contributed by atoms with van der Waals surface area (Å²) in [5.74, 6) is 0.826. The van der Waals surface area contributed by atoms with Crippen LogP contribution in [0.25, 0.3) is 0 Å². The second kappa shape index (κ2) is 7.24. The molecule has 4 rings (SSSR count). The van der Waals surface area contributed by atoms with E-state index in [9.17, 15) is 4.79 Å². The number of hydrogen-bond donors (Lipinski definition) is 0. The van der Waals surface area contributed by atoms with Crippen LogP contribution >= 0.6 is 0 Å². The summed E-state index contributed by atoms with van der Waals surface area (Å²) in [7, 11) is 0. The van der Waals surface area contributed by atoms with Gasteiger partial charge in [-0.15, -0.1) is 0 Å². The molecule has 1 aromatic rings. The summed E-state index contributed by atoms with van der Waals surface area (Å²) in [5.41, 5.74) is 1.40. The predicted molar refractivity (Wildman–Crippen MR) is 93.8 cm³/mol. The Morgan fingerprint density at radius 1 is 1.12 bits per heavy atom. The largest absolute Gasteiger partial charge is 0.364 e. The van der Waals surface area contributed by atoms with Gasteiger partial charge in [-0.1, -0.05) is 30.3 Å². The Bertz CT molecular complexity index is 556. The number of benzene rings is 1. The van der Waals surface area contributed by atoms with E-state index in [-0.39, 0.29) is 18.1 Å². The van der Waals surface area contributed by atoms with Gasteiger partial charge in [0.15, 0.2) is 0 Å². The molecular formula is C20H28N2O2. The number of ether oxygens (including phenoxy) is 1. The Morgan fingerprint density at radius 3 is 2.71 bits per heavy atom. The second-order valence-corrected chi connectivity index (χ2v) is 7.52. The lowest BCUT2D eigenvalue weighted by Gasteiger charge is -2.34. The van der Waals surface area contributed by atoms with E-state index in [1.807, 2.05) is 4.90 Å². The molecule has 0 spiro atoms. The summed E-state index contributed by atoms with van der Waals surface area (Å²) < 4.78 is 6.19. The van der Waals surface area contributed by atoms with E-state index in [4.69, 9.17) is 4.74 Å². The fourth-order valence-electron chi connectivity index (χ4n) is 4.43. The van der Waals surface area contributed by atoms with E-state index in [0.717, 1.165) is 58.4 Å². The van der Waals surface area contributed by atoms with Gasteiger partial charge in [0.05, 0.1) is 6.10 Å². The summed E-state index contributed by atoms with van der Waals surface area (Å²) in [6.45, 7) is 5.07. The van der Waals surface area contributed by atoms with Crippen LogP contribution < -0.4 is 0 Å². The Labute approximate surface area is 144 Å². The standard InChI is InChI=1S/C20H28N2O2/c23-20(22-10-4-5-11-22)18-14-17-9-13-21(15-19(17)24-18)12-8-16-6-2-1-3-7-16/h1-3,6-7,17-19H,4-5,8-15H2/t17-,18+,19-/m0/s1. The van der Waals surface area contributed by atoms with E-state index < -0.39 is 0 Å². The fourth-order valence-corrected chi connectivity index (χ4v) is 4.43. The summed E-state index contributed by atoms with van der Waals surface area (Å²) >= 11 is 0. The number of piperidine rings is 1. The average Bonchev–Trinajstić information content (AvgIpc) is 3.29. The topological polar surface area (TPSA) is 32.8 Å². The highest BCUT2D eigenvalue weighted by Crippen LogP contribution is 2.34. The molecule has 0 aliphatic carbocycles. The van der Waals surface area contributed by atoms with Gasteiger partial charge in [-0.3, -0.25) is 4.79 Å². The highest BCUT2D eigenvalue weighted by atomic mass is 16.5. The minimum atomic E-state index is -0.174. The summed E-state index contributed by atoms with van der Waals surface area (Å²) in [4.78, 5) is 17.1. The van der Waals surface area contributed by atoms with Gasteiger partial charge in [0.2, 0.25) is 0 Å². The van der Waals surface area contributed by atoms with E-state index in [0.29, 0.717) is 5.92 Å². The minimum Gasteiger partial charge on any atom is -0.364 e. The Balaban J connectivity index is 1.28. The lowest BCUT2D eigenvalue weighted by atomic mass is 9.91. The summed E-state index contributed by atoms with van der Waals surface area (Å²) in [6, 6.07) is 10.7. The smallest absolute Gasteiger partial charge is 0.251 e. The van der Waals surface area contributed by atoms with E-state index in [2.05, 4.69) is 35.2 Å². The van der Waals surface area contributed by atoms with Crippen LogP contribution in [0.1, 0.15) is 31.2 Å². The molecule has 0 radical (unpaired) electrons. The van der Waals surface area contributed by atoms with Gasteiger partial charge < -0.3 is 14.5 Å². The molecule has 1 aromatic carbocycles. The first-order valence-corrected chi connectivity index (χ1v) is 9.50. The molecule has 3 fully saturated rings. The van der Waals surface area contributed by atoms with Crippen LogP contribution in [0.15, 0.2) is 30.3 Å². The molecule has 3 saturated heterocycles. The van der Waals surface area contributed by atoms with Crippen molar-refractivity contribution in [3.63, 3.8) is 0 Å². The zero-order valence-corrected chi connectivity index (χ0v) is 14.4. The first-order chi connectivity index (χ1) is 11.8. The number of fused-ring (bicyclic) bond motifs is 1. The van der Waals surface area contributed by atoms with Crippen molar-refractivity contribution in [1.29, 1.82) is 0 Å². The van der Waals surface area contributed by atoms with Gasteiger partial charge in [0, 0.05) is 26.2 Å². The van der Waals surface area contributed by atoms with Gasteiger partial charge in [0.1, 0.15) is 6.10 Å². The molecule has 3 atom stereocenters. The number of likely N-dealkylation sites (tertiary alicyclic amines) is 2. The molecule has 3 aliphatic heterocycles. The molecule has 0 aromatic heterocycles. The van der Waals surface area contributed by atoms with E-state index in [1.165, 1.54) is 12.0 Å². The molecule has 1 amide bonds. The minimum absolute atomic E-state index is 0.174. The van der Waals surface area contributed by atoms with Crippen molar-refractivity contribution < 1.29 is 9.53 Å². The second-order valence-electron chi connectivity index (χ2n) is 7.52. The van der Waals surface area contributed by atoms with Crippen molar-refractivity contribution in [2.45, 2.75) is 44.3 Å². The predicted octanol–water partition coefficient (Wildman–Crippen LogP) is 2.33. The third-order valence-electron chi connectivity index (χ3n) is 5.89. The number of hydrogen-bond acceptors (Lipinski definition) is 3. The molecule has 4 heteroatoms. The first-order valence-electron chi connectivity index (χ1n) is 9.50. The SMILES string of the molecule is O=C([C@H]1C[C@@H]2CCN(CCc3ccccc3)C[C@@H]2O1)N1CCCC1. The highest BCUT2D eigenvalue weighted by molar-refractivity contribution is 5.81. The van der Waals surface area contributed by atoms with Crippen molar-refractivity contribution in [2.75, 3.05) is 32.7 Å². The molecule has 24 heavy (non-hydrogen) atoms. The van der Waals surface area contributed by atoms with Crippen LogP contribution in [-0.2, 0) is 16.0 Å². The highest BCUT2D eigenvalue weighted by Gasteiger charge is 2.43. The monoisotopic (exact) mass is 328 g/mol. The number of carbonyl (C=O) groups is 1. The summed E-state index contributed by atoms with van der Waals surface area (Å²) in [5, 5.41) is 0. The normalized spacial score (nSPS) is 30.5. The third-order valence-corrected chi connectivity index (χ3v) is 5.89. The van der Waals surface area contributed by atoms with Gasteiger partial charge in [-0.05, 0) is 50.1 Å². The quantitative estimate of drug-likeness (QED) is 0.850. The van der Waals surface area contributed by atoms with Crippen LogP contribution in [0.5, 0.6) is 0 Å². The van der Waals surface area contributed by atoms with Gasteiger partial charge >= 0.3 is 0 Å². The average molecular weight is 328 g/mol. The van der Waals surface area contributed by atoms with Crippen molar-refractivity contribution in [3.8, 4) is 0 Å². The molecule has 0 bridgehead atoms. The van der Waals surface area contributed by atoms with Crippen LogP contribution in [0.3, 0.4) is 0 Å². The maximum absolute atomic E-state index is 12.6. The van der Waals surface area contributed by atoms with Crippen LogP contribution in [0.4, 0.5) is 0 Å². The van der Waals surface area contributed by atoms with Crippen molar-refractivity contribution in [1.82, 2.24) is 9.80 Å². The number of nitrogens with zero attached hydrogens (tertiary/aromatic N) is 2. The van der Waals surface area contributed by atoms with Crippen LogP contribution in [0.2, 0.25) is 0 Å². The zero-order valence-electron chi connectivity index (χ0n) is 14.4. The van der Waals surface area contributed by atoms with Gasteiger partial charge in [-0.2, -0.15) is 0 Å². The zero-order chi connectivity index (χ0) is 16.4. The maximum Gasteiger partial charge on any atom is 0.251 e. The van der Waals surface area contributed by atoms with E-state index >= 15 is 0 Å². The molecule has 3 heterocycles. The molecule has 3 aliphatic rings. The molecule has 4 nitrogen and oxygen atoms in total. The van der Waals surface area contributed by atoms with Gasteiger partial charge in [-0.25, -0.2) is 0 Å². The maximum atomic E-state index is 12.6. The van der Waals surface area contributed by atoms with Crippen LogP contribution in [0, 0.1) is 5.92 Å². The fraction of sp³-hybridized carbons (Fsp3) is 0.650. The van der Waals surface area contributed by atoms with Crippen LogP contribution in [-0.4, -0.2) is 60.6 Å². The van der Waals surface area contributed by atoms with Crippen molar-refractivity contribution >= 4 is 5.91 Å². The molecule has 0 unspecified atom stereocenters.